The number of halogens is 1. The van der Waals surface area contributed by atoms with Gasteiger partial charge in [-0.3, -0.25) is 10.1 Å². The summed E-state index contributed by atoms with van der Waals surface area (Å²) in [6, 6.07) is 21.7. The minimum atomic E-state index is -3.81. The van der Waals surface area contributed by atoms with Crippen molar-refractivity contribution in [3.8, 4) is 0 Å². The lowest BCUT2D eigenvalue weighted by Gasteiger charge is -2.22. The molecule has 0 bridgehead atoms. The van der Waals surface area contributed by atoms with Crippen LogP contribution in [0.3, 0.4) is 0 Å². The van der Waals surface area contributed by atoms with Crippen LogP contribution in [0.25, 0.3) is 0 Å². The predicted octanol–water partition coefficient (Wildman–Crippen LogP) is 3.73. The van der Waals surface area contributed by atoms with Crippen molar-refractivity contribution in [1.82, 2.24) is 5.32 Å². The number of rotatable bonds is 5. The van der Waals surface area contributed by atoms with Crippen molar-refractivity contribution in [3.63, 3.8) is 0 Å². The van der Waals surface area contributed by atoms with Crippen LogP contribution in [-0.2, 0) is 14.6 Å². The zero-order chi connectivity index (χ0) is 22.0. The first-order valence-electron chi connectivity index (χ1n) is 10.0. The van der Waals surface area contributed by atoms with E-state index in [4.69, 9.17) is 0 Å². The number of benzene rings is 3. The topological polar surface area (TPSA) is 66.5 Å². The fraction of sp³-hybridized carbons (Fsp3) is 0.208. The van der Waals surface area contributed by atoms with Crippen molar-refractivity contribution in [2.75, 3.05) is 11.9 Å². The number of nitrogens with one attached hydrogen (secondary N) is 1. The Morgan fingerprint density at radius 3 is 2.16 bits per heavy atom. The van der Waals surface area contributed by atoms with Gasteiger partial charge in [-0.25, -0.2) is 12.8 Å². The molecule has 0 radical (unpaired) electrons. The van der Waals surface area contributed by atoms with Crippen LogP contribution in [0, 0.1) is 5.82 Å². The molecule has 3 atom stereocenters. The Bertz CT molecular complexity index is 1170. The Labute approximate surface area is 181 Å². The van der Waals surface area contributed by atoms with E-state index in [1.807, 2.05) is 18.2 Å². The minimum Gasteiger partial charge on any atom is -0.314 e. The maximum atomic E-state index is 14.6. The summed E-state index contributed by atoms with van der Waals surface area (Å²) in [5, 5.41) is 2.13. The SMILES string of the molecule is CN(C(=O)C1CC(S(=O)(=O)c2ccccc2)C(c2ccccc2F)N1)c1ccccc1. The van der Waals surface area contributed by atoms with Gasteiger partial charge in [-0.1, -0.05) is 54.6 Å². The van der Waals surface area contributed by atoms with Crippen molar-refractivity contribution >= 4 is 21.4 Å². The first-order valence-corrected chi connectivity index (χ1v) is 11.6. The van der Waals surface area contributed by atoms with Crippen molar-refractivity contribution < 1.29 is 17.6 Å². The van der Waals surface area contributed by atoms with Gasteiger partial charge in [-0.15, -0.1) is 0 Å². The van der Waals surface area contributed by atoms with Crippen LogP contribution in [0.4, 0.5) is 10.1 Å². The van der Waals surface area contributed by atoms with Crippen LogP contribution in [0.15, 0.2) is 89.8 Å². The van der Waals surface area contributed by atoms with E-state index in [0.29, 0.717) is 5.69 Å². The molecule has 0 aromatic heterocycles. The molecule has 7 heteroatoms. The van der Waals surface area contributed by atoms with E-state index < -0.39 is 33.0 Å². The van der Waals surface area contributed by atoms with Crippen molar-refractivity contribution in [3.05, 3.63) is 96.3 Å². The monoisotopic (exact) mass is 438 g/mol. The van der Waals surface area contributed by atoms with Crippen molar-refractivity contribution in [2.45, 2.75) is 28.6 Å². The summed E-state index contributed by atoms with van der Waals surface area (Å²) in [5.41, 5.74) is 0.941. The maximum Gasteiger partial charge on any atom is 0.243 e. The molecule has 3 aromatic rings. The van der Waals surface area contributed by atoms with Crippen LogP contribution in [0.5, 0.6) is 0 Å². The minimum absolute atomic E-state index is 0.0479. The van der Waals surface area contributed by atoms with E-state index in [9.17, 15) is 17.6 Å². The van der Waals surface area contributed by atoms with Gasteiger partial charge < -0.3 is 4.90 Å². The Kier molecular flexibility index (Phi) is 5.89. The van der Waals surface area contributed by atoms with Gasteiger partial charge in [0.25, 0.3) is 0 Å². The Morgan fingerprint density at radius 1 is 0.935 bits per heavy atom. The van der Waals surface area contributed by atoms with Crippen LogP contribution < -0.4 is 10.2 Å². The smallest absolute Gasteiger partial charge is 0.243 e. The third kappa shape index (κ3) is 4.11. The van der Waals surface area contributed by atoms with Crippen LogP contribution in [0.2, 0.25) is 0 Å². The first-order chi connectivity index (χ1) is 14.9. The lowest BCUT2D eigenvalue weighted by molar-refractivity contribution is -0.120. The third-order valence-electron chi connectivity index (χ3n) is 5.70. The van der Waals surface area contributed by atoms with Gasteiger partial charge in [0.1, 0.15) is 5.82 Å². The molecule has 0 aliphatic carbocycles. The van der Waals surface area contributed by atoms with E-state index in [1.165, 1.54) is 23.1 Å². The van der Waals surface area contributed by atoms with Gasteiger partial charge in [-0.05, 0) is 36.8 Å². The molecule has 0 spiro atoms. The molecule has 1 aliphatic rings. The molecule has 0 saturated carbocycles. The quantitative estimate of drug-likeness (QED) is 0.659. The van der Waals surface area contributed by atoms with Gasteiger partial charge in [0, 0.05) is 18.3 Å². The fourth-order valence-electron chi connectivity index (χ4n) is 4.05. The van der Waals surface area contributed by atoms with Crippen LogP contribution in [0.1, 0.15) is 18.0 Å². The molecule has 1 amide bonds. The number of carbonyl (C=O) groups excluding carboxylic acids is 1. The molecule has 160 valence electrons. The lowest BCUT2D eigenvalue weighted by Crippen LogP contribution is -2.42. The zero-order valence-electron chi connectivity index (χ0n) is 17.0. The molecule has 1 aliphatic heterocycles. The Balaban J connectivity index is 1.70. The predicted molar refractivity (Wildman–Crippen MR) is 118 cm³/mol. The number of hydrogen-bond donors (Lipinski definition) is 1. The standard InChI is InChI=1S/C24H23FN2O3S/c1-27(17-10-4-2-5-11-17)24(28)21-16-22(31(29,30)18-12-6-3-7-13-18)23(26-21)19-14-8-9-15-20(19)25/h2-15,21-23,26H,16H2,1H3. The number of nitrogens with zero attached hydrogens (tertiary/aromatic N) is 1. The molecule has 1 N–H and O–H groups in total. The maximum absolute atomic E-state index is 14.6. The number of para-hydroxylation sites is 1. The molecular formula is C24H23FN2O3S. The highest BCUT2D eigenvalue weighted by Crippen LogP contribution is 2.37. The van der Waals surface area contributed by atoms with Gasteiger partial charge in [0.05, 0.1) is 22.2 Å². The average Bonchev–Trinajstić information content (AvgIpc) is 3.26. The number of hydrogen-bond acceptors (Lipinski definition) is 4. The fourth-order valence-corrected chi connectivity index (χ4v) is 5.97. The Morgan fingerprint density at radius 2 is 1.52 bits per heavy atom. The molecule has 1 saturated heterocycles. The molecule has 3 aromatic carbocycles. The molecular weight excluding hydrogens is 415 g/mol. The summed E-state index contributed by atoms with van der Waals surface area (Å²) in [6.07, 6.45) is 0.0479. The van der Waals surface area contributed by atoms with Crippen molar-refractivity contribution in [1.29, 1.82) is 0 Å². The Hall–Kier alpha value is -3.03. The second kappa shape index (κ2) is 8.61. The lowest BCUT2D eigenvalue weighted by atomic mass is 10.0. The summed E-state index contributed by atoms with van der Waals surface area (Å²) in [7, 11) is -2.16. The molecule has 4 rings (SSSR count). The largest absolute Gasteiger partial charge is 0.314 e. The highest BCUT2D eigenvalue weighted by molar-refractivity contribution is 7.92. The normalized spacial score (nSPS) is 21.0. The van der Waals surface area contributed by atoms with Gasteiger partial charge in [-0.2, -0.15) is 0 Å². The van der Waals surface area contributed by atoms with Gasteiger partial charge >= 0.3 is 0 Å². The number of amides is 1. The van der Waals surface area contributed by atoms with E-state index in [-0.39, 0.29) is 22.8 Å². The summed E-state index contributed by atoms with van der Waals surface area (Å²) < 4.78 is 41.5. The average molecular weight is 439 g/mol. The summed E-state index contributed by atoms with van der Waals surface area (Å²) >= 11 is 0. The highest BCUT2D eigenvalue weighted by Gasteiger charge is 2.47. The molecule has 1 fully saturated rings. The van der Waals surface area contributed by atoms with Crippen molar-refractivity contribution in [2.24, 2.45) is 0 Å². The third-order valence-corrected chi connectivity index (χ3v) is 7.89. The molecule has 1 heterocycles. The second-order valence-corrected chi connectivity index (χ2v) is 9.75. The molecule has 3 unspecified atom stereocenters. The van der Waals surface area contributed by atoms with Gasteiger partial charge in [0.2, 0.25) is 5.91 Å². The van der Waals surface area contributed by atoms with E-state index in [2.05, 4.69) is 5.32 Å². The van der Waals surface area contributed by atoms with Gasteiger partial charge in [0.15, 0.2) is 9.84 Å². The van der Waals surface area contributed by atoms with E-state index in [1.54, 1.807) is 55.6 Å². The molecule has 5 nitrogen and oxygen atoms in total. The number of carbonyl (C=O) groups is 1. The van der Waals surface area contributed by atoms with Crippen LogP contribution >= 0.6 is 0 Å². The first kappa shape index (κ1) is 21.2. The number of likely N-dealkylation sites (N-methyl/N-ethyl adjacent to an activating group) is 1. The zero-order valence-corrected chi connectivity index (χ0v) is 17.8. The summed E-state index contributed by atoms with van der Waals surface area (Å²) in [4.78, 5) is 14.8. The van der Waals surface area contributed by atoms with Crippen LogP contribution in [-0.4, -0.2) is 32.7 Å². The number of anilines is 1. The van der Waals surface area contributed by atoms with E-state index in [0.717, 1.165) is 0 Å². The molecule has 31 heavy (non-hydrogen) atoms. The summed E-state index contributed by atoms with van der Waals surface area (Å²) in [5.74, 6) is -0.768. The highest BCUT2D eigenvalue weighted by atomic mass is 32.2. The van der Waals surface area contributed by atoms with E-state index >= 15 is 0 Å². The second-order valence-electron chi connectivity index (χ2n) is 7.58. The summed E-state index contributed by atoms with van der Waals surface area (Å²) in [6.45, 7) is 0. The number of sulfone groups is 1.